The van der Waals surface area contributed by atoms with Crippen LogP contribution in [0.3, 0.4) is 0 Å². The van der Waals surface area contributed by atoms with E-state index in [0.717, 1.165) is 0 Å². The van der Waals surface area contributed by atoms with E-state index in [1.165, 1.54) is 20.2 Å². The molecule has 136 valence electrons. The van der Waals surface area contributed by atoms with Crippen LogP contribution in [0.25, 0.3) is 16.5 Å². The number of nitrogens with one attached hydrogen (secondary N) is 1. The monoisotopic (exact) mass is 370 g/mol. The van der Waals surface area contributed by atoms with Crippen molar-refractivity contribution in [2.75, 3.05) is 14.2 Å². The summed E-state index contributed by atoms with van der Waals surface area (Å²) >= 11 is -2.99. The second-order valence-corrected chi connectivity index (χ2v) is 5.70. The molecule has 0 saturated heterocycles. The third-order valence-electron chi connectivity index (χ3n) is 3.65. The first kappa shape index (κ1) is 19.1. The highest BCUT2D eigenvalue weighted by Gasteiger charge is 2.28. The van der Waals surface area contributed by atoms with Crippen molar-refractivity contribution >= 4 is 33.8 Å². The number of ether oxygens (including phenoxy) is 1. The number of benzene rings is 1. The highest BCUT2D eigenvalue weighted by molar-refractivity contribution is 7.74. The van der Waals surface area contributed by atoms with Crippen LogP contribution in [0.5, 0.6) is 5.75 Å². The van der Waals surface area contributed by atoms with E-state index < -0.39 is 28.8 Å². The van der Waals surface area contributed by atoms with E-state index in [2.05, 4.69) is 9.50 Å². The summed E-state index contributed by atoms with van der Waals surface area (Å²) in [5.74, 6) is -1.91. The van der Waals surface area contributed by atoms with Crippen molar-refractivity contribution in [2.45, 2.75) is 20.5 Å². The molecule has 1 unspecified atom stereocenters. The number of furan rings is 1. The number of halogens is 1. The minimum absolute atomic E-state index is 0.0314. The molecule has 7 nitrogen and oxygen atoms in total. The Kier molecular flexibility index (Phi) is 5.93. The lowest BCUT2D eigenvalue weighted by atomic mass is 10.0. The van der Waals surface area contributed by atoms with Gasteiger partial charge in [-0.25, -0.2) is 8.60 Å². The number of allylic oxidation sites excluding steroid dienone is 2. The molecule has 0 bridgehead atoms. The number of fused-ring (bicyclic) bond motifs is 1. The number of amides is 1. The summed E-state index contributed by atoms with van der Waals surface area (Å²) in [6.45, 7) is 3.35. The first-order valence-electron chi connectivity index (χ1n) is 7.25. The third-order valence-corrected chi connectivity index (χ3v) is 3.95. The minimum Gasteiger partial charge on any atom is -0.740 e. The molecule has 0 spiro atoms. The van der Waals surface area contributed by atoms with Crippen LogP contribution in [0.2, 0.25) is 0 Å². The number of carbonyl (C=O) groups excluding carboxylic acids is 1. The molecular weight excluding hydrogens is 353 g/mol. The van der Waals surface area contributed by atoms with Gasteiger partial charge < -0.3 is 23.2 Å². The predicted octanol–water partition coefficient (Wildman–Crippen LogP) is 2.67. The van der Waals surface area contributed by atoms with Crippen LogP contribution in [0.1, 0.15) is 35.5 Å². The molecule has 25 heavy (non-hydrogen) atoms. The van der Waals surface area contributed by atoms with E-state index in [9.17, 15) is 13.6 Å². The summed E-state index contributed by atoms with van der Waals surface area (Å²) < 4.78 is 52.0. The molecule has 2 aromatic rings. The fourth-order valence-electron chi connectivity index (χ4n) is 2.42. The van der Waals surface area contributed by atoms with E-state index in [1.807, 2.05) is 0 Å². The zero-order valence-corrected chi connectivity index (χ0v) is 14.9. The Labute approximate surface area is 146 Å². The van der Waals surface area contributed by atoms with E-state index >= 15 is 4.39 Å². The predicted molar refractivity (Wildman–Crippen MR) is 89.1 cm³/mol. The molecule has 0 fully saturated rings. The Morgan fingerprint density at radius 2 is 2.20 bits per heavy atom. The van der Waals surface area contributed by atoms with Gasteiger partial charge in [-0.15, -0.1) is 0 Å². The third kappa shape index (κ3) is 3.58. The van der Waals surface area contributed by atoms with Gasteiger partial charge in [0.05, 0.1) is 17.6 Å². The molecule has 1 atom stereocenters. The summed E-state index contributed by atoms with van der Waals surface area (Å²) in [5, 5.41) is 2.27. The summed E-state index contributed by atoms with van der Waals surface area (Å²) in [4.78, 5) is 12.3. The van der Waals surface area contributed by atoms with Crippen LogP contribution >= 0.6 is 0 Å². The summed E-state index contributed by atoms with van der Waals surface area (Å²) in [6.07, 6.45) is 1.71. The fraction of sp³-hybridized carbons (Fsp3) is 0.312. The normalized spacial score (nSPS) is 13.1. The van der Waals surface area contributed by atoms with Crippen molar-refractivity contribution in [2.24, 2.45) is 0 Å². The van der Waals surface area contributed by atoms with E-state index in [4.69, 9.17) is 9.15 Å². The molecule has 0 aliphatic carbocycles. The standard InChI is InChI=1S/C16H18FNO6S/c1-5-8(2)14-12(16(19)18-3)11-10(23-14)6-9(7-22-4)15(13(11)17)24-25(20)21/h5-6H,7H2,1-4H3,(H,18,19)(H,20,21)/p-1. The van der Waals surface area contributed by atoms with Crippen LogP contribution in [-0.2, 0) is 22.7 Å². The van der Waals surface area contributed by atoms with Crippen molar-refractivity contribution in [3.8, 4) is 5.75 Å². The maximum absolute atomic E-state index is 15.0. The summed E-state index contributed by atoms with van der Waals surface area (Å²) in [7, 11) is 2.77. The van der Waals surface area contributed by atoms with Crippen LogP contribution in [0, 0.1) is 5.82 Å². The van der Waals surface area contributed by atoms with Crippen LogP contribution < -0.4 is 9.50 Å². The Balaban J connectivity index is 2.91. The maximum atomic E-state index is 15.0. The molecule has 1 heterocycles. The maximum Gasteiger partial charge on any atom is 0.255 e. The Hall–Kier alpha value is -2.23. The largest absolute Gasteiger partial charge is 0.740 e. The molecule has 1 aromatic heterocycles. The lowest BCUT2D eigenvalue weighted by molar-refractivity contribution is 0.0963. The summed E-state index contributed by atoms with van der Waals surface area (Å²) in [5.41, 5.74) is 0.815. The first-order valence-corrected chi connectivity index (χ1v) is 8.25. The first-order chi connectivity index (χ1) is 11.8. The number of hydrogen-bond acceptors (Lipinski definition) is 6. The Bertz CT molecular complexity index is 873. The molecule has 1 aromatic carbocycles. The molecule has 0 aliphatic heterocycles. The van der Waals surface area contributed by atoms with Crippen molar-refractivity contribution in [3.05, 3.63) is 34.8 Å². The highest BCUT2D eigenvalue weighted by Crippen LogP contribution is 2.38. The zero-order chi connectivity index (χ0) is 18.7. The van der Waals surface area contributed by atoms with Crippen molar-refractivity contribution < 1.29 is 31.3 Å². The van der Waals surface area contributed by atoms with E-state index in [1.54, 1.807) is 19.9 Å². The van der Waals surface area contributed by atoms with Crippen LogP contribution in [0.4, 0.5) is 4.39 Å². The van der Waals surface area contributed by atoms with Crippen LogP contribution in [0.15, 0.2) is 16.6 Å². The number of carbonyl (C=O) groups is 1. The molecule has 0 radical (unpaired) electrons. The van der Waals surface area contributed by atoms with Gasteiger partial charge in [-0.05, 0) is 25.5 Å². The molecule has 0 aliphatic rings. The van der Waals surface area contributed by atoms with Gasteiger partial charge in [-0.1, -0.05) is 6.08 Å². The van der Waals surface area contributed by atoms with Crippen LogP contribution in [-0.4, -0.2) is 28.8 Å². The SMILES string of the molecule is CC=C(C)c1oc2cc(COC)c(OS(=O)[O-])c(F)c2c1C(=O)NC. The van der Waals surface area contributed by atoms with Gasteiger partial charge in [0, 0.05) is 19.7 Å². The van der Waals surface area contributed by atoms with Gasteiger partial charge in [0.25, 0.3) is 5.91 Å². The Morgan fingerprint density at radius 1 is 1.52 bits per heavy atom. The lowest BCUT2D eigenvalue weighted by Gasteiger charge is -2.13. The number of methoxy groups -OCH3 is 1. The highest BCUT2D eigenvalue weighted by atomic mass is 32.2. The number of rotatable bonds is 6. The van der Waals surface area contributed by atoms with Gasteiger partial charge in [0.2, 0.25) is 0 Å². The second kappa shape index (κ2) is 7.77. The minimum atomic E-state index is -2.99. The van der Waals surface area contributed by atoms with Crippen molar-refractivity contribution in [1.82, 2.24) is 5.32 Å². The molecular formula is C16H17FNO6S-. The average molecular weight is 370 g/mol. The second-order valence-electron chi connectivity index (χ2n) is 5.13. The summed E-state index contributed by atoms with van der Waals surface area (Å²) in [6, 6.07) is 1.39. The van der Waals surface area contributed by atoms with Gasteiger partial charge in [-0.3, -0.25) is 4.79 Å². The fourth-order valence-corrected chi connectivity index (χ4v) is 2.73. The number of hydrogen-bond donors (Lipinski definition) is 1. The average Bonchev–Trinajstić information content (AvgIpc) is 2.96. The van der Waals surface area contributed by atoms with Gasteiger partial charge >= 0.3 is 0 Å². The Morgan fingerprint density at radius 3 is 2.72 bits per heavy atom. The lowest BCUT2D eigenvalue weighted by Crippen LogP contribution is -2.19. The molecule has 2 rings (SSSR count). The van der Waals surface area contributed by atoms with E-state index in [0.29, 0.717) is 5.57 Å². The molecule has 1 amide bonds. The van der Waals surface area contributed by atoms with Gasteiger partial charge in [0.15, 0.2) is 11.6 Å². The van der Waals surface area contributed by atoms with Crippen molar-refractivity contribution in [3.63, 3.8) is 0 Å². The molecule has 9 heteroatoms. The smallest absolute Gasteiger partial charge is 0.255 e. The molecule has 0 saturated carbocycles. The quantitative estimate of drug-likeness (QED) is 0.785. The van der Waals surface area contributed by atoms with Gasteiger partial charge in [-0.2, -0.15) is 0 Å². The van der Waals surface area contributed by atoms with E-state index in [-0.39, 0.29) is 34.5 Å². The van der Waals surface area contributed by atoms with Crippen molar-refractivity contribution in [1.29, 1.82) is 0 Å². The molecule has 1 N–H and O–H groups in total. The zero-order valence-electron chi connectivity index (χ0n) is 14.1. The topological polar surface area (TPSA) is 101 Å². The van der Waals surface area contributed by atoms with Gasteiger partial charge in [0.1, 0.15) is 22.7 Å².